The van der Waals surface area contributed by atoms with Crippen LogP contribution in [0.15, 0.2) is 18.2 Å². The van der Waals surface area contributed by atoms with E-state index in [9.17, 15) is 9.59 Å². The van der Waals surface area contributed by atoms with Gasteiger partial charge in [0.1, 0.15) is 6.10 Å². The minimum absolute atomic E-state index is 0.165. The quantitative estimate of drug-likeness (QED) is 0.870. The SMILES string of the molecule is CN1C(=O)CCc2cc(CN3CCOC(C(N)=O)C3)ccc21. The van der Waals surface area contributed by atoms with Gasteiger partial charge in [-0.3, -0.25) is 14.5 Å². The number of rotatable bonds is 3. The maximum absolute atomic E-state index is 11.7. The highest BCUT2D eigenvalue weighted by Gasteiger charge is 2.25. The summed E-state index contributed by atoms with van der Waals surface area (Å²) in [5.74, 6) is -0.243. The van der Waals surface area contributed by atoms with Crippen LogP contribution in [0.25, 0.3) is 0 Å². The molecule has 22 heavy (non-hydrogen) atoms. The van der Waals surface area contributed by atoms with Crippen molar-refractivity contribution in [3.63, 3.8) is 0 Å². The van der Waals surface area contributed by atoms with E-state index in [1.54, 1.807) is 4.90 Å². The molecule has 2 heterocycles. The maximum Gasteiger partial charge on any atom is 0.247 e. The first-order valence-electron chi connectivity index (χ1n) is 7.56. The van der Waals surface area contributed by atoms with E-state index in [0.717, 1.165) is 25.2 Å². The van der Waals surface area contributed by atoms with Crippen LogP contribution in [0.1, 0.15) is 17.5 Å². The molecule has 0 aromatic heterocycles. The van der Waals surface area contributed by atoms with E-state index in [4.69, 9.17) is 10.5 Å². The molecule has 1 atom stereocenters. The molecule has 0 radical (unpaired) electrons. The van der Waals surface area contributed by atoms with Crippen molar-refractivity contribution in [2.24, 2.45) is 5.73 Å². The number of carbonyl (C=O) groups is 2. The number of morpholine rings is 1. The summed E-state index contributed by atoms with van der Waals surface area (Å²) < 4.78 is 5.36. The van der Waals surface area contributed by atoms with E-state index < -0.39 is 12.0 Å². The molecule has 2 amide bonds. The van der Waals surface area contributed by atoms with E-state index in [1.807, 2.05) is 19.2 Å². The van der Waals surface area contributed by atoms with Gasteiger partial charge in [0.2, 0.25) is 11.8 Å². The first-order valence-corrected chi connectivity index (χ1v) is 7.56. The summed E-state index contributed by atoms with van der Waals surface area (Å²) in [4.78, 5) is 26.9. The number of ether oxygens (including phenoxy) is 1. The van der Waals surface area contributed by atoms with Crippen LogP contribution >= 0.6 is 0 Å². The van der Waals surface area contributed by atoms with Gasteiger partial charge in [-0.05, 0) is 23.6 Å². The summed E-state index contributed by atoms with van der Waals surface area (Å²) in [5, 5.41) is 0. The highest BCUT2D eigenvalue weighted by Crippen LogP contribution is 2.28. The van der Waals surface area contributed by atoms with Crippen molar-refractivity contribution < 1.29 is 14.3 Å². The highest BCUT2D eigenvalue weighted by atomic mass is 16.5. The molecule has 1 fully saturated rings. The molecule has 1 aromatic rings. The molecule has 0 spiro atoms. The van der Waals surface area contributed by atoms with Crippen LogP contribution in [0.5, 0.6) is 0 Å². The fraction of sp³-hybridized carbons (Fsp3) is 0.500. The molecule has 1 saturated heterocycles. The van der Waals surface area contributed by atoms with Crippen LogP contribution in [-0.4, -0.2) is 49.6 Å². The van der Waals surface area contributed by atoms with Crippen molar-refractivity contribution in [1.29, 1.82) is 0 Å². The van der Waals surface area contributed by atoms with Crippen molar-refractivity contribution in [1.82, 2.24) is 4.90 Å². The first-order chi connectivity index (χ1) is 10.5. The van der Waals surface area contributed by atoms with Crippen molar-refractivity contribution >= 4 is 17.5 Å². The molecule has 118 valence electrons. The molecule has 2 aliphatic rings. The number of hydrogen-bond donors (Lipinski definition) is 1. The molecular formula is C16H21N3O3. The zero-order valence-electron chi connectivity index (χ0n) is 12.7. The third kappa shape index (κ3) is 2.98. The van der Waals surface area contributed by atoms with Crippen LogP contribution in [-0.2, 0) is 27.3 Å². The summed E-state index contributed by atoms with van der Waals surface area (Å²) in [6.45, 7) is 2.61. The minimum atomic E-state index is -0.518. The summed E-state index contributed by atoms with van der Waals surface area (Å²) >= 11 is 0. The Labute approximate surface area is 129 Å². The van der Waals surface area contributed by atoms with Gasteiger partial charge < -0.3 is 15.4 Å². The number of nitrogens with two attached hydrogens (primary N) is 1. The number of anilines is 1. The lowest BCUT2D eigenvalue weighted by Gasteiger charge is -2.32. The van der Waals surface area contributed by atoms with Crippen molar-refractivity contribution in [2.45, 2.75) is 25.5 Å². The van der Waals surface area contributed by atoms with Crippen LogP contribution in [0.4, 0.5) is 5.69 Å². The maximum atomic E-state index is 11.7. The number of hydrogen-bond acceptors (Lipinski definition) is 4. The third-order valence-corrected chi connectivity index (χ3v) is 4.36. The van der Waals surface area contributed by atoms with Crippen molar-refractivity contribution in [3.05, 3.63) is 29.3 Å². The molecule has 0 saturated carbocycles. The Bertz CT molecular complexity index is 602. The Hall–Kier alpha value is -1.92. The van der Waals surface area contributed by atoms with Crippen LogP contribution in [0.3, 0.4) is 0 Å². The molecule has 6 nitrogen and oxygen atoms in total. The average molecular weight is 303 g/mol. The van der Waals surface area contributed by atoms with Crippen LogP contribution < -0.4 is 10.6 Å². The Morgan fingerprint density at radius 2 is 2.23 bits per heavy atom. The number of benzene rings is 1. The summed E-state index contributed by atoms with van der Waals surface area (Å²) in [6, 6.07) is 6.21. The Morgan fingerprint density at radius 1 is 1.41 bits per heavy atom. The van der Waals surface area contributed by atoms with Gasteiger partial charge in [0.25, 0.3) is 0 Å². The van der Waals surface area contributed by atoms with Gasteiger partial charge in [0.15, 0.2) is 0 Å². The average Bonchev–Trinajstić information content (AvgIpc) is 2.51. The topological polar surface area (TPSA) is 75.9 Å². The second kappa shape index (κ2) is 6.06. The Kier molecular flexibility index (Phi) is 4.13. The van der Waals surface area contributed by atoms with Crippen LogP contribution in [0, 0.1) is 0 Å². The van der Waals surface area contributed by atoms with Gasteiger partial charge in [-0.1, -0.05) is 12.1 Å². The second-order valence-corrected chi connectivity index (χ2v) is 5.91. The molecule has 1 unspecified atom stereocenters. The summed E-state index contributed by atoms with van der Waals surface area (Å²) in [5.41, 5.74) is 8.71. The monoisotopic (exact) mass is 303 g/mol. The molecule has 2 N–H and O–H groups in total. The predicted molar refractivity (Wildman–Crippen MR) is 82.4 cm³/mol. The zero-order valence-corrected chi connectivity index (χ0v) is 12.7. The minimum Gasteiger partial charge on any atom is -0.367 e. The van der Waals surface area contributed by atoms with Crippen molar-refractivity contribution in [3.8, 4) is 0 Å². The van der Waals surface area contributed by atoms with E-state index >= 15 is 0 Å². The van der Waals surface area contributed by atoms with Gasteiger partial charge in [-0.2, -0.15) is 0 Å². The fourth-order valence-corrected chi connectivity index (χ4v) is 3.08. The second-order valence-electron chi connectivity index (χ2n) is 5.91. The molecule has 1 aromatic carbocycles. The lowest BCUT2D eigenvalue weighted by atomic mass is 9.99. The van der Waals surface area contributed by atoms with Crippen LogP contribution in [0.2, 0.25) is 0 Å². The molecule has 3 rings (SSSR count). The highest BCUT2D eigenvalue weighted by molar-refractivity contribution is 5.95. The predicted octanol–water partition coefficient (Wildman–Crippen LogP) is 0.282. The number of carbonyl (C=O) groups excluding carboxylic acids is 2. The number of nitrogens with zero attached hydrogens (tertiary/aromatic N) is 2. The van der Waals surface area contributed by atoms with Crippen molar-refractivity contribution in [2.75, 3.05) is 31.6 Å². The fourth-order valence-electron chi connectivity index (χ4n) is 3.08. The van der Waals surface area contributed by atoms with E-state index in [1.165, 1.54) is 11.1 Å². The first kappa shape index (κ1) is 15.0. The Morgan fingerprint density at radius 3 is 3.00 bits per heavy atom. The third-order valence-electron chi connectivity index (χ3n) is 4.36. The standard InChI is InChI=1S/C16H21N3O3/c1-18-13-4-2-11(8-12(13)3-5-15(18)20)9-19-6-7-22-14(10-19)16(17)21/h2,4,8,14H,3,5-7,9-10H2,1H3,(H2,17,21). The number of fused-ring (bicyclic) bond motifs is 1. The Balaban J connectivity index is 1.71. The number of primary amides is 1. The largest absolute Gasteiger partial charge is 0.367 e. The van der Waals surface area contributed by atoms with Gasteiger partial charge in [0, 0.05) is 38.8 Å². The normalized spacial score (nSPS) is 22.5. The zero-order chi connectivity index (χ0) is 15.7. The van der Waals surface area contributed by atoms with E-state index in [2.05, 4.69) is 11.0 Å². The summed E-state index contributed by atoms with van der Waals surface area (Å²) in [7, 11) is 1.82. The summed E-state index contributed by atoms with van der Waals surface area (Å²) in [6.07, 6.45) is 0.836. The molecule has 0 aliphatic carbocycles. The lowest BCUT2D eigenvalue weighted by Crippen LogP contribution is -2.47. The van der Waals surface area contributed by atoms with Gasteiger partial charge in [-0.25, -0.2) is 0 Å². The lowest BCUT2D eigenvalue weighted by molar-refractivity contribution is -0.135. The van der Waals surface area contributed by atoms with Gasteiger partial charge >= 0.3 is 0 Å². The number of aryl methyl sites for hydroxylation is 1. The van der Waals surface area contributed by atoms with E-state index in [-0.39, 0.29) is 5.91 Å². The van der Waals surface area contributed by atoms with Gasteiger partial charge in [0.05, 0.1) is 6.61 Å². The molecule has 0 bridgehead atoms. The van der Waals surface area contributed by atoms with Gasteiger partial charge in [-0.15, -0.1) is 0 Å². The molecular weight excluding hydrogens is 282 g/mol. The smallest absolute Gasteiger partial charge is 0.247 e. The molecule has 6 heteroatoms. The molecule has 2 aliphatic heterocycles. The van der Waals surface area contributed by atoms with E-state index in [0.29, 0.717) is 19.6 Å². The number of amides is 2.